The van der Waals surface area contributed by atoms with E-state index in [2.05, 4.69) is 15.1 Å². The van der Waals surface area contributed by atoms with E-state index in [1.165, 1.54) is 24.0 Å². The van der Waals surface area contributed by atoms with E-state index in [9.17, 15) is 23.6 Å². The SMILES string of the molecule is O=C1CCN(N2C(=O)c3ccc(CN4CCN(CC5=C(c6ccc(F)cc6)CCCC5)CC4)cc3C2=O)C(=O)N1. The number of amides is 5. The zero-order valence-corrected chi connectivity index (χ0v) is 22.3. The van der Waals surface area contributed by atoms with Gasteiger partial charge in [-0.25, -0.2) is 14.2 Å². The van der Waals surface area contributed by atoms with E-state index in [0.29, 0.717) is 6.54 Å². The molecule has 2 saturated heterocycles. The minimum atomic E-state index is -0.766. The van der Waals surface area contributed by atoms with Crippen molar-refractivity contribution in [2.45, 2.75) is 38.6 Å². The van der Waals surface area contributed by atoms with Gasteiger partial charge in [-0.1, -0.05) is 23.8 Å². The topological polar surface area (TPSA) is 93.3 Å². The van der Waals surface area contributed by atoms with Crippen LogP contribution in [-0.2, 0) is 11.3 Å². The second-order valence-corrected chi connectivity index (χ2v) is 10.9. The molecule has 40 heavy (non-hydrogen) atoms. The Balaban J connectivity index is 1.08. The van der Waals surface area contributed by atoms with Gasteiger partial charge in [0.2, 0.25) is 5.91 Å². The molecule has 6 rings (SSSR count). The minimum absolute atomic E-state index is 0.0183. The molecule has 9 nitrogen and oxygen atoms in total. The third-order valence-corrected chi connectivity index (χ3v) is 8.26. The lowest BCUT2D eigenvalue weighted by molar-refractivity contribution is -0.122. The number of rotatable bonds is 6. The highest BCUT2D eigenvalue weighted by molar-refractivity contribution is 6.22. The molecule has 1 N–H and O–H groups in total. The number of piperazine rings is 1. The number of hydrogen-bond donors (Lipinski definition) is 1. The average molecular weight is 546 g/mol. The molecular weight excluding hydrogens is 513 g/mol. The number of benzene rings is 2. The van der Waals surface area contributed by atoms with E-state index < -0.39 is 23.8 Å². The fourth-order valence-electron chi connectivity index (χ4n) is 6.11. The summed E-state index contributed by atoms with van der Waals surface area (Å²) in [5.41, 5.74) is 5.44. The predicted molar refractivity (Wildman–Crippen MR) is 145 cm³/mol. The van der Waals surface area contributed by atoms with E-state index >= 15 is 0 Å². The highest BCUT2D eigenvalue weighted by Crippen LogP contribution is 2.33. The molecule has 0 aromatic heterocycles. The molecule has 0 unspecified atom stereocenters. The number of carbonyl (C=O) groups excluding carboxylic acids is 4. The lowest BCUT2D eigenvalue weighted by Crippen LogP contribution is -2.58. The molecular formula is C30H32FN5O4. The third kappa shape index (κ3) is 5.16. The van der Waals surface area contributed by atoms with Crippen LogP contribution in [0.1, 0.15) is 63.9 Å². The first-order valence-corrected chi connectivity index (χ1v) is 13.9. The summed E-state index contributed by atoms with van der Waals surface area (Å²) in [6.07, 6.45) is 4.51. The van der Waals surface area contributed by atoms with Crippen molar-refractivity contribution in [2.24, 2.45) is 0 Å². The summed E-state index contributed by atoms with van der Waals surface area (Å²) >= 11 is 0. The van der Waals surface area contributed by atoms with Crippen molar-refractivity contribution >= 4 is 29.3 Å². The fraction of sp³-hybridized carbons (Fsp3) is 0.400. The monoisotopic (exact) mass is 545 g/mol. The van der Waals surface area contributed by atoms with Gasteiger partial charge in [0.1, 0.15) is 5.82 Å². The molecule has 0 spiro atoms. The molecule has 0 radical (unpaired) electrons. The van der Waals surface area contributed by atoms with Gasteiger partial charge in [-0.05, 0) is 66.6 Å². The van der Waals surface area contributed by atoms with Crippen molar-refractivity contribution < 1.29 is 23.6 Å². The maximum atomic E-state index is 13.4. The van der Waals surface area contributed by atoms with Gasteiger partial charge in [0.25, 0.3) is 11.8 Å². The number of hydrogen-bond acceptors (Lipinski definition) is 6. The highest BCUT2D eigenvalue weighted by atomic mass is 19.1. The van der Waals surface area contributed by atoms with Crippen LogP contribution < -0.4 is 5.32 Å². The van der Waals surface area contributed by atoms with Crippen molar-refractivity contribution in [3.8, 4) is 0 Å². The maximum absolute atomic E-state index is 13.4. The zero-order chi connectivity index (χ0) is 27.8. The van der Waals surface area contributed by atoms with Crippen molar-refractivity contribution in [1.29, 1.82) is 0 Å². The Morgan fingerprint density at radius 3 is 2.12 bits per heavy atom. The van der Waals surface area contributed by atoms with Crippen LogP contribution in [0, 0.1) is 5.82 Å². The molecule has 1 aliphatic carbocycles. The van der Waals surface area contributed by atoms with Crippen LogP contribution in [0.2, 0.25) is 0 Å². The molecule has 0 bridgehead atoms. The summed E-state index contributed by atoms with van der Waals surface area (Å²) in [6, 6.07) is 11.4. The number of nitrogens with one attached hydrogen (secondary N) is 1. The smallest absolute Gasteiger partial charge is 0.297 e. The summed E-state index contributed by atoms with van der Waals surface area (Å²) in [4.78, 5) is 54.6. The first kappa shape index (κ1) is 26.3. The molecule has 5 amide bonds. The first-order chi connectivity index (χ1) is 19.4. The lowest BCUT2D eigenvalue weighted by Gasteiger charge is -2.36. The van der Waals surface area contributed by atoms with Crippen LogP contribution in [0.25, 0.3) is 5.57 Å². The maximum Gasteiger partial charge on any atom is 0.343 e. The van der Waals surface area contributed by atoms with Crippen LogP contribution >= 0.6 is 0 Å². The number of urea groups is 1. The Morgan fingerprint density at radius 1 is 0.725 bits per heavy atom. The van der Waals surface area contributed by atoms with Crippen LogP contribution in [0.4, 0.5) is 9.18 Å². The van der Waals surface area contributed by atoms with Crippen molar-refractivity contribution in [3.63, 3.8) is 0 Å². The molecule has 0 saturated carbocycles. The van der Waals surface area contributed by atoms with Gasteiger partial charge in [-0.15, -0.1) is 0 Å². The van der Waals surface area contributed by atoms with E-state index in [4.69, 9.17) is 0 Å². The van der Waals surface area contributed by atoms with Gasteiger partial charge in [-0.2, -0.15) is 5.01 Å². The molecule has 3 heterocycles. The number of nitrogens with zero attached hydrogens (tertiary/aromatic N) is 4. The summed E-state index contributed by atoms with van der Waals surface area (Å²) in [5, 5.41) is 4.01. The molecule has 0 atom stereocenters. The van der Waals surface area contributed by atoms with Gasteiger partial charge in [-0.3, -0.25) is 29.5 Å². The van der Waals surface area contributed by atoms with Gasteiger partial charge < -0.3 is 0 Å². The predicted octanol–water partition coefficient (Wildman–Crippen LogP) is 3.42. The molecule has 3 aliphatic heterocycles. The van der Waals surface area contributed by atoms with Crippen LogP contribution in [-0.4, -0.2) is 82.8 Å². The molecule has 2 fully saturated rings. The number of allylic oxidation sites excluding steroid dienone is 1. The number of halogens is 1. The van der Waals surface area contributed by atoms with Gasteiger partial charge in [0.15, 0.2) is 0 Å². The van der Waals surface area contributed by atoms with E-state index in [1.54, 1.807) is 24.3 Å². The normalized spacial score (nSPS) is 20.8. The largest absolute Gasteiger partial charge is 0.343 e. The Hall–Kier alpha value is -3.89. The van der Waals surface area contributed by atoms with E-state index in [-0.39, 0.29) is 29.9 Å². The van der Waals surface area contributed by atoms with E-state index in [1.807, 2.05) is 18.2 Å². The number of imide groups is 2. The van der Waals surface area contributed by atoms with Gasteiger partial charge in [0, 0.05) is 45.7 Å². The molecule has 2 aromatic rings. The Kier molecular flexibility index (Phi) is 7.20. The molecule has 2 aromatic carbocycles. The summed E-state index contributed by atoms with van der Waals surface area (Å²) in [7, 11) is 0. The van der Waals surface area contributed by atoms with E-state index in [0.717, 1.165) is 66.7 Å². The third-order valence-electron chi connectivity index (χ3n) is 8.26. The van der Waals surface area contributed by atoms with Crippen molar-refractivity contribution in [1.82, 2.24) is 25.1 Å². The Morgan fingerprint density at radius 2 is 1.40 bits per heavy atom. The van der Waals surface area contributed by atoms with Crippen LogP contribution in [0.15, 0.2) is 48.0 Å². The number of fused-ring (bicyclic) bond motifs is 1. The van der Waals surface area contributed by atoms with Crippen molar-refractivity contribution in [3.05, 3.63) is 76.1 Å². The minimum Gasteiger partial charge on any atom is -0.297 e. The van der Waals surface area contributed by atoms with Crippen LogP contribution in [0.3, 0.4) is 0 Å². The summed E-state index contributed by atoms with van der Waals surface area (Å²) < 4.78 is 13.4. The number of hydrazine groups is 1. The molecule has 208 valence electrons. The van der Waals surface area contributed by atoms with Crippen LogP contribution in [0.5, 0.6) is 0 Å². The number of carbonyl (C=O) groups is 4. The highest BCUT2D eigenvalue weighted by Gasteiger charge is 2.43. The van der Waals surface area contributed by atoms with Gasteiger partial charge >= 0.3 is 6.03 Å². The second-order valence-electron chi connectivity index (χ2n) is 10.9. The fourth-order valence-corrected chi connectivity index (χ4v) is 6.11. The zero-order valence-electron chi connectivity index (χ0n) is 22.3. The summed E-state index contributed by atoms with van der Waals surface area (Å²) in [5.74, 6) is -1.74. The second kappa shape index (κ2) is 10.9. The summed E-state index contributed by atoms with van der Waals surface area (Å²) in [6.45, 7) is 5.20. The van der Waals surface area contributed by atoms with Crippen molar-refractivity contribution in [2.75, 3.05) is 39.3 Å². The average Bonchev–Trinajstić information content (AvgIpc) is 3.19. The molecule has 10 heteroatoms. The van der Waals surface area contributed by atoms with Gasteiger partial charge in [0.05, 0.1) is 17.7 Å². The first-order valence-electron chi connectivity index (χ1n) is 13.9. The molecule has 4 aliphatic rings. The Bertz CT molecular complexity index is 1400. The lowest BCUT2D eigenvalue weighted by atomic mass is 9.87. The standard InChI is InChI=1S/C30H32FN5O4/c31-23-8-6-21(7-9-23)24-4-2-1-3-22(24)19-34-15-13-33(14-16-34)18-20-5-10-25-26(17-20)29(39)36(28(25)38)35-12-11-27(37)32-30(35)40/h5-10,17H,1-4,11-16,18-19H2,(H,32,37,40). The quantitative estimate of drug-likeness (QED) is 0.560. The Labute approximate surface area is 232 Å².